The number of benzene rings is 1. The van der Waals surface area contributed by atoms with Crippen LogP contribution in [-0.4, -0.2) is 40.4 Å². The highest BCUT2D eigenvalue weighted by Gasteiger charge is 2.40. The van der Waals surface area contributed by atoms with Crippen LogP contribution in [0.4, 0.5) is 19.3 Å². The van der Waals surface area contributed by atoms with Gasteiger partial charge in [0.2, 0.25) is 5.71 Å². The molecule has 0 spiro atoms. The third-order valence-corrected chi connectivity index (χ3v) is 3.56. The number of halogens is 2. The zero-order chi connectivity index (χ0) is 18.7. The number of carbonyl (C=O) groups excluding carboxylic acids is 1. The molecule has 0 atom stereocenters. The molecule has 26 heavy (non-hydrogen) atoms. The molecule has 0 N–H and O–H groups in total. The van der Waals surface area contributed by atoms with E-state index in [-0.39, 0.29) is 30.2 Å². The van der Waals surface area contributed by atoms with E-state index in [1.54, 1.807) is 0 Å². The van der Waals surface area contributed by atoms with E-state index >= 15 is 0 Å². The molecule has 9 nitrogen and oxygen atoms in total. The van der Waals surface area contributed by atoms with E-state index in [0.29, 0.717) is 5.71 Å². The van der Waals surface area contributed by atoms with Crippen LogP contribution in [0.3, 0.4) is 0 Å². The van der Waals surface area contributed by atoms with Crippen molar-refractivity contribution in [2.75, 3.05) is 0 Å². The number of hydrogen-bond acceptors (Lipinski definition) is 7. The van der Waals surface area contributed by atoms with Crippen LogP contribution in [0.2, 0.25) is 0 Å². The Morgan fingerprint density at radius 1 is 1.31 bits per heavy atom. The number of hydrogen-bond donors (Lipinski definition) is 0. The van der Waals surface area contributed by atoms with Gasteiger partial charge in [-0.05, 0) is 16.8 Å². The number of rotatable bonds is 5. The van der Waals surface area contributed by atoms with Crippen molar-refractivity contribution >= 4 is 23.8 Å². The van der Waals surface area contributed by atoms with Crippen molar-refractivity contribution in [1.82, 2.24) is 0 Å². The van der Waals surface area contributed by atoms with Gasteiger partial charge in [0.05, 0.1) is 23.8 Å². The summed E-state index contributed by atoms with van der Waals surface area (Å²) >= 11 is 0. The minimum Gasteiger partial charge on any atom is -0.429 e. The Kier molecular flexibility index (Phi) is 4.87. The number of ether oxygens (including phenoxy) is 3. The highest BCUT2D eigenvalue weighted by atomic mass is 19.3. The Hall–Kier alpha value is -3.37. The number of nitrogens with zero attached hydrogens (tertiary/aromatic N) is 3. The number of allylic oxidation sites excluding steroid dienone is 1. The van der Waals surface area contributed by atoms with Gasteiger partial charge in [0, 0.05) is 17.2 Å². The van der Waals surface area contributed by atoms with Gasteiger partial charge in [0.1, 0.15) is 18.1 Å². The van der Waals surface area contributed by atoms with Gasteiger partial charge in [0.15, 0.2) is 0 Å². The first-order chi connectivity index (χ1) is 12.4. The van der Waals surface area contributed by atoms with Crippen molar-refractivity contribution in [1.29, 1.82) is 0 Å². The lowest BCUT2D eigenvalue weighted by Gasteiger charge is -2.23. The zero-order valence-corrected chi connectivity index (χ0v) is 13.1. The van der Waals surface area contributed by atoms with Gasteiger partial charge < -0.3 is 14.2 Å². The van der Waals surface area contributed by atoms with Gasteiger partial charge in [-0.1, -0.05) is 0 Å². The summed E-state index contributed by atoms with van der Waals surface area (Å²) in [6.45, 7) is -2.96. The van der Waals surface area contributed by atoms with Crippen LogP contribution >= 0.6 is 0 Å². The van der Waals surface area contributed by atoms with Crippen molar-refractivity contribution < 1.29 is 37.4 Å². The number of hydrazone groups is 1. The summed E-state index contributed by atoms with van der Waals surface area (Å²) in [7, 11) is 0. The maximum atomic E-state index is 12.3. The Labute approximate surface area is 144 Å². The third kappa shape index (κ3) is 3.99. The molecule has 1 aromatic rings. The van der Waals surface area contributed by atoms with Crippen molar-refractivity contribution in [3.8, 4) is 5.75 Å². The number of nitro benzene ring substituents is 1. The quantitative estimate of drug-likeness (QED) is 0.260. The van der Waals surface area contributed by atoms with Gasteiger partial charge in [-0.15, -0.1) is 0 Å². The topological polar surface area (TPSA) is 103 Å². The van der Waals surface area contributed by atoms with Gasteiger partial charge in [-0.2, -0.15) is 8.78 Å². The van der Waals surface area contributed by atoms with Gasteiger partial charge in [-0.25, -0.2) is 4.79 Å². The Morgan fingerprint density at radius 2 is 2.00 bits per heavy atom. The van der Waals surface area contributed by atoms with Crippen LogP contribution in [0.15, 0.2) is 41.3 Å². The van der Waals surface area contributed by atoms with E-state index in [0.717, 1.165) is 0 Å². The maximum absolute atomic E-state index is 12.3. The summed E-state index contributed by atoms with van der Waals surface area (Å²) in [5, 5.41) is 14.4. The van der Waals surface area contributed by atoms with Crippen LogP contribution in [0, 0.1) is 10.1 Å². The minimum atomic E-state index is -2.96. The molecule has 0 amide bonds. The van der Waals surface area contributed by atoms with E-state index in [9.17, 15) is 23.7 Å². The summed E-state index contributed by atoms with van der Waals surface area (Å²) in [5.74, 6) is 0.00530. The normalized spacial score (nSPS) is 18.4. The first-order valence-electron chi connectivity index (χ1n) is 7.39. The first-order valence-corrected chi connectivity index (χ1v) is 7.39. The highest BCUT2D eigenvalue weighted by molar-refractivity contribution is 5.88. The second-order valence-electron chi connectivity index (χ2n) is 5.28. The molecule has 2 aliphatic rings. The average Bonchev–Trinajstić information content (AvgIpc) is 2.97. The fraction of sp³-hybridized carbons (Fsp3) is 0.267. The number of carbonyl (C=O) groups is 1. The van der Waals surface area contributed by atoms with E-state index < -0.39 is 23.8 Å². The van der Waals surface area contributed by atoms with Crippen LogP contribution in [-0.2, 0) is 9.47 Å². The minimum absolute atomic E-state index is 0.0955. The average molecular weight is 368 g/mol. The molecule has 1 aliphatic carbocycles. The molecule has 1 saturated carbocycles. The monoisotopic (exact) mass is 368 g/mol. The largest absolute Gasteiger partial charge is 0.514 e. The van der Waals surface area contributed by atoms with Crippen molar-refractivity contribution in [2.45, 2.75) is 25.6 Å². The van der Waals surface area contributed by atoms with Gasteiger partial charge in [-0.3, -0.25) is 10.1 Å². The lowest BCUT2D eigenvalue weighted by Crippen LogP contribution is -2.38. The molecule has 136 valence electrons. The molecular formula is C15H12F2N3O6+. The molecular weight excluding hydrogens is 356 g/mol. The highest BCUT2D eigenvalue weighted by Crippen LogP contribution is 2.25. The number of nitro groups is 1. The summed E-state index contributed by atoms with van der Waals surface area (Å²) in [6, 6.07) is 4.94. The first kappa shape index (κ1) is 17.5. The maximum Gasteiger partial charge on any atom is 0.514 e. The Bertz CT molecular complexity index is 811. The predicted octanol–water partition coefficient (Wildman–Crippen LogP) is 2.81. The smallest absolute Gasteiger partial charge is 0.429 e. The zero-order valence-electron chi connectivity index (χ0n) is 13.1. The van der Waals surface area contributed by atoms with E-state index in [1.807, 2.05) is 0 Å². The molecule has 1 aromatic carbocycles. The molecule has 1 heterocycles. The summed E-state index contributed by atoms with van der Waals surface area (Å²) in [6.07, 6.45) is 1.75. The van der Waals surface area contributed by atoms with Gasteiger partial charge >= 0.3 is 18.6 Å². The lowest BCUT2D eigenvalue weighted by atomic mass is 9.93. The number of alkyl halides is 2. The molecule has 0 radical (unpaired) electrons. The van der Waals surface area contributed by atoms with Gasteiger partial charge in [0.25, 0.3) is 5.69 Å². The molecule has 0 bridgehead atoms. The molecule has 0 saturated heterocycles. The number of non-ortho nitro benzene ring substituents is 1. The SMILES string of the molecule is O=C(Oc1ccc([N+](=O)[O-])cc1)OC1CC(=[N+]2N=CC=C2OC(F)F)C1. The molecule has 0 aromatic heterocycles. The van der Waals surface area contributed by atoms with Crippen LogP contribution < -0.4 is 4.74 Å². The second-order valence-corrected chi connectivity index (χ2v) is 5.28. The fourth-order valence-corrected chi connectivity index (χ4v) is 2.32. The molecule has 0 unspecified atom stereocenters. The lowest BCUT2D eigenvalue weighted by molar-refractivity contribution is -0.523. The Morgan fingerprint density at radius 3 is 2.62 bits per heavy atom. The van der Waals surface area contributed by atoms with Crippen LogP contribution in [0.25, 0.3) is 0 Å². The molecule has 1 fully saturated rings. The van der Waals surface area contributed by atoms with Crippen LogP contribution in [0.1, 0.15) is 12.8 Å². The van der Waals surface area contributed by atoms with E-state index in [1.165, 1.54) is 41.2 Å². The predicted molar refractivity (Wildman–Crippen MR) is 82.2 cm³/mol. The Balaban J connectivity index is 1.50. The van der Waals surface area contributed by atoms with Crippen molar-refractivity contribution in [3.05, 3.63) is 46.3 Å². The fourth-order valence-electron chi connectivity index (χ4n) is 2.32. The van der Waals surface area contributed by atoms with Crippen molar-refractivity contribution in [2.24, 2.45) is 5.10 Å². The molecule has 11 heteroatoms. The standard InChI is InChI=1S/C15H12F2N3O6/c16-14(17)26-13-5-6-18-19(13)10-7-12(8-10)25-15(21)24-11-3-1-9(2-4-11)20(22)23/h1-6,12,14H,7-8H2/q+1. The van der Waals surface area contributed by atoms with Crippen molar-refractivity contribution in [3.63, 3.8) is 0 Å². The summed E-state index contributed by atoms with van der Waals surface area (Å²) in [5.41, 5.74) is 0.517. The summed E-state index contributed by atoms with van der Waals surface area (Å²) in [4.78, 5) is 21.7. The van der Waals surface area contributed by atoms with E-state index in [4.69, 9.17) is 9.47 Å². The molecule has 3 rings (SSSR count). The van der Waals surface area contributed by atoms with E-state index in [2.05, 4.69) is 9.84 Å². The summed E-state index contributed by atoms with van der Waals surface area (Å²) < 4.78 is 40.1. The van der Waals surface area contributed by atoms with Crippen LogP contribution in [0.5, 0.6) is 5.75 Å². The second kappa shape index (κ2) is 7.25. The third-order valence-electron chi connectivity index (χ3n) is 3.56. The molecule has 1 aliphatic heterocycles.